The number of aromatic nitrogens is 6. The van der Waals surface area contributed by atoms with Crippen molar-refractivity contribution in [2.45, 2.75) is 18.9 Å². The third-order valence-corrected chi connectivity index (χ3v) is 5.61. The number of rotatable bonds is 5. The van der Waals surface area contributed by atoms with Crippen molar-refractivity contribution in [3.05, 3.63) is 73.4 Å². The molecule has 1 N–H and O–H groups in total. The first-order chi connectivity index (χ1) is 15.3. The van der Waals surface area contributed by atoms with E-state index in [2.05, 4.69) is 51.8 Å². The highest BCUT2D eigenvalue weighted by Gasteiger charge is 2.26. The van der Waals surface area contributed by atoms with Crippen LogP contribution < -0.4 is 5.32 Å². The van der Waals surface area contributed by atoms with Crippen molar-refractivity contribution in [2.24, 2.45) is 7.05 Å². The normalized spacial score (nSPS) is 13.6. The van der Waals surface area contributed by atoms with E-state index >= 15 is 0 Å². The minimum absolute atomic E-state index is 0.452. The van der Waals surface area contributed by atoms with Crippen LogP contribution in [-0.2, 0) is 7.05 Å². The summed E-state index contributed by atoms with van der Waals surface area (Å²) in [5.74, 6) is 2.17. The van der Waals surface area contributed by atoms with E-state index in [1.165, 1.54) is 0 Å². The molecule has 1 aromatic carbocycles. The Bertz CT molecular complexity index is 1370. The Morgan fingerprint density at radius 2 is 1.84 bits per heavy atom. The van der Waals surface area contributed by atoms with Gasteiger partial charge in [-0.25, -0.2) is 14.5 Å². The van der Waals surface area contributed by atoms with Crippen LogP contribution in [0.1, 0.15) is 12.8 Å². The van der Waals surface area contributed by atoms with Crippen LogP contribution in [0.25, 0.3) is 39.4 Å². The molecular formula is C24H21N7. The van der Waals surface area contributed by atoms with E-state index in [0.717, 1.165) is 52.3 Å². The van der Waals surface area contributed by atoms with Gasteiger partial charge in [-0.2, -0.15) is 0 Å². The maximum Gasteiger partial charge on any atom is 0.218 e. The molecule has 4 aromatic heterocycles. The Kier molecular flexibility index (Phi) is 4.06. The fourth-order valence-electron chi connectivity index (χ4n) is 3.92. The summed E-state index contributed by atoms with van der Waals surface area (Å²) in [5.41, 5.74) is 5.31. The first-order valence-corrected chi connectivity index (χ1v) is 10.4. The second kappa shape index (κ2) is 7.05. The molecule has 7 nitrogen and oxygen atoms in total. The second-order valence-electron chi connectivity index (χ2n) is 7.88. The van der Waals surface area contributed by atoms with Crippen LogP contribution >= 0.6 is 0 Å². The summed E-state index contributed by atoms with van der Waals surface area (Å²) >= 11 is 0. The highest BCUT2D eigenvalue weighted by Crippen LogP contribution is 2.40. The van der Waals surface area contributed by atoms with Gasteiger partial charge in [-0.3, -0.25) is 4.98 Å². The molecule has 0 atom stereocenters. The molecule has 0 radical (unpaired) electrons. The number of pyridine rings is 1. The molecule has 0 amide bonds. The molecule has 4 heterocycles. The van der Waals surface area contributed by atoms with Crippen molar-refractivity contribution in [2.75, 3.05) is 5.32 Å². The van der Waals surface area contributed by atoms with Crippen molar-refractivity contribution < 1.29 is 0 Å². The predicted octanol–water partition coefficient (Wildman–Crippen LogP) is 4.43. The molecule has 5 aromatic rings. The van der Waals surface area contributed by atoms with Crippen LogP contribution in [0, 0.1) is 0 Å². The van der Waals surface area contributed by atoms with Crippen LogP contribution in [0.2, 0.25) is 0 Å². The van der Waals surface area contributed by atoms with Crippen LogP contribution in [0.3, 0.4) is 0 Å². The number of hydrogen-bond acceptors (Lipinski definition) is 5. The van der Waals surface area contributed by atoms with Gasteiger partial charge in [0.05, 0.1) is 0 Å². The summed E-state index contributed by atoms with van der Waals surface area (Å²) < 4.78 is 3.87. The summed E-state index contributed by atoms with van der Waals surface area (Å²) in [6.07, 6.45) is 11.7. The average Bonchev–Trinajstić information content (AvgIpc) is 3.38. The van der Waals surface area contributed by atoms with E-state index in [1.807, 2.05) is 40.7 Å². The lowest BCUT2D eigenvalue weighted by Crippen LogP contribution is -2.09. The van der Waals surface area contributed by atoms with Crippen molar-refractivity contribution in [1.82, 2.24) is 29.1 Å². The number of anilines is 1. The van der Waals surface area contributed by atoms with E-state index in [4.69, 9.17) is 10.1 Å². The maximum atomic E-state index is 4.94. The first-order valence-electron chi connectivity index (χ1n) is 10.4. The number of fused-ring (bicyclic) bond motifs is 1. The Hall–Kier alpha value is -4.00. The van der Waals surface area contributed by atoms with Crippen molar-refractivity contribution >= 4 is 11.3 Å². The van der Waals surface area contributed by atoms with E-state index in [1.54, 1.807) is 12.4 Å². The lowest BCUT2D eigenvalue weighted by molar-refractivity contribution is 0.858. The molecule has 1 fully saturated rings. The van der Waals surface area contributed by atoms with E-state index in [0.29, 0.717) is 11.9 Å². The molecule has 1 aliphatic carbocycles. The highest BCUT2D eigenvalue weighted by molar-refractivity contribution is 5.99. The minimum atomic E-state index is 0.452. The number of benzene rings is 1. The number of nitrogens with zero attached hydrogens (tertiary/aromatic N) is 6. The Labute approximate surface area is 179 Å². The van der Waals surface area contributed by atoms with Gasteiger partial charge in [-0.05, 0) is 24.5 Å². The van der Waals surface area contributed by atoms with Gasteiger partial charge in [0.25, 0.3) is 0 Å². The molecule has 0 aliphatic heterocycles. The van der Waals surface area contributed by atoms with E-state index < -0.39 is 0 Å². The molecule has 31 heavy (non-hydrogen) atoms. The van der Waals surface area contributed by atoms with E-state index in [9.17, 15) is 0 Å². The Balaban J connectivity index is 1.67. The summed E-state index contributed by atoms with van der Waals surface area (Å²) in [5, 5.41) is 8.49. The summed E-state index contributed by atoms with van der Waals surface area (Å²) in [7, 11) is 1.95. The third kappa shape index (κ3) is 3.15. The lowest BCUT2D eigenvalue weighted by atomic mass is 9.98. The predicted molar refractivity (Wildman–Crippen MR) is 121 cm³/mol. The Morgan fingerprint density at radius 1 is 1.00 bits per heavy atom. The van der Waals surface area contributed by atoms with Crippen molar-refractivity contribution in [3.63, 3.8) is 0 Å². The number of hydrogen-bond donors (Lipinski definition) is 1. The zero-order chi connectivity index (χ0) is 20.8. The zero-order valence-corrected chi connectivity index (χ0v) is 17.1. The minimum Gasteiger partial charge on any atom is -0.365 e. The van der Waals surface area contributed by atoms with Crippen LogP contribution in [0.4, 0.5) is 5.82 Å². The van der Waals surface area contributed by atoms with Crippen LogP contribution in [0.5, 0.6) is 0 Å². The first kappa shape index (κ1) is 17.8. The zero-order valence-electron chi connectivity index (χ0n) is 17.1. The standard InChI is InChI=1S/C24H21N7/c1-30-13-12-26-24(30)23-28-22(27-18-9-10-18)21-20(16-6-3-2-4-7-16)19(15-31(21)29-23)17-8-5-11-25-14-17/h2-8,11-15,18H,9-10H2,1H3,(H,27,28,29). The summed E-state index contributed by atoms with van der Waals surface area (Å²) in [6.45, 7) is 0. The van der Waals surface area contributed by atoms with Crippen LogP contribution in [0.15, 0.2) is 73.4 Å². The molecule has 0 bridgehead atoms. The molecule has 0 spiro atoms. The number of aryl methyl sites for hydroxylation is 1. The summed E-state index contributed by atoms with van der Waals surface area (Å²) in [6, 6.07) is 14.9. The smallest absolute Gasteiger partial charge is 0.218 e. The Morgan fingerprint density at radius 3 is 2.55 bits per heavy atom. The van der Waals surface area contributed by atoms with Gasteiger partial charge in [-0.1, -0.05) is 36.4 Å². The average molecular weight is 407 g/mol. The monoisotopic (exact) mass is 407 g/mol. The molecule has 7 heteroatoms. The molecule has 0 unspecified atom stereocenters. The van der Waals surface area contributed by atoms with Gasteiger partial charge in [0.15, 0.2) is 11.6 Å². The molecule has 1 saturated carbocycles. The van der Waals surface area contributed by atoms with Gasteiger partial charge in [0, 0.05) is 60.8 Å². The second-order valence-corrected chi connectivity index (χ2v) is 7.88. The fourth-order valence-corrected chi connectivity index (χ4v) is 3.92. The largest absolute Gasteiger partial charge is 0.365 e. The fraction of sp³-hybridized carbons (Fsp3) is 0.167. The van der Waals surface area contributed by atoms with Crippen LogP contribution in [-0.4, -0.2) is 35.2 Å². The maximum absolute atomic E-state index is 4.94. The topological polar surface area (TPSA) is 72.9 Å². The lowest BCUT2D eigenvalue weighted by Gasteiger charge is -2.11. The van der Waals surface area contributed by atoms with Crippen molar-refractivity contribution in [1.29, 1.82) is 0 Å². The van der Waals surface area contributed by atoms with Crippen molar-refractivity contribution in [3.8, 4) is 33.9 Å². The van der Waals surface area contributed by atoms with Gasteiger partial charge in [-0.15, -0.1) is 5.10 Å². The van der Waals surface area contributed by atoms with Gasteiger partial charge in [0.2, 0.25) is 5.82 Å². The molecule has 152 valence electrons. The quantitative estimate of drug-likeness (QED) is 0.466. The van der Waals surface area contributed by atoms with Gasteiger partial charge >= 0.3 is 0 Å². The molecule has 0 saturated heterocycles. The molecular weight excluding hydrogens is 386 g/mol. The molecule has 1 aliphatic rings. The van der Waals surface area contributed by atoms with E-state index in [-0.39, 0.29) is 0 Å². The SMILES string of the molecule is Cn1ccnc1-c1nc(NC2CC2)c2c(-c3ccccc3)c(-c3cccnc3)cn2n1. The molecule has 6 rings (SSSR count). The number of nitrogens with one attached hydrogen (secondary N) is 1. The third-order valence-electron chi connectivity index (χ3n) is 5.61. The summed E-state index contributed by atoms with van der Waals surface area (Å²) in [4.78, 5) is 13.7. The van der Waals surface area contributed by atoms with Gasteiger partial charge < -0.3 is 9.88 Å². The van der Waals surface area contributed by atoms with Gasteiger partial charge in [0.1, 0.15) is 5.52 Å². The number of imidazole rings is 1. The highest BCUT2D eigenvalue weighted by atomic mass is 15.3.